The van der Waals surface area contributed by atoms with Crippen LogP contribution in [0.1, 0.15) is 20.3 Å². The molecule has 0 spiro atoms. The van der Waals surface area contributed by atoms with Gasteiger partial charge in [-0.25, -0.2) is 0 Å². The second-order valence-corrected chi connectivity index (χ2v) is 2.82. The monoisotopic (exact) mass is 179 g/mol. The van der Waals surface area contributed by atoms with E-state index in [1.807, 2.05) is 0 Å². The van der Waals surface area contributed by atoms with E-state index in [1.54, 1.807) is 0 Å². The largest absolute Gasteiger partial charge is 0.407 e. The molecule has 5 heteroatoms. The molecule has 0 aliphatic rings. The number of Topliss-reactive ketones (excluding diaryl/α,β-unsaturated/α-hetero) is 1. The minimum Gasteiger partial charge on any atom is -0.300 e. The van der Waals surface area contributed by atoms with Crippen molar-refractivity contribution in [1.29, 1.82) is 5.26 Å². The van der Waals surface area contributed by atoms with Crippen LogP contribution in [0.15, 0.2) is 0 Å². The molecule has 0 heterocycles. The van der Waals surface area contributed by atoms with Crippen LogP contribution in [0.5, 0.6) is 0 Å². The highest BCUT2D eigenvalue weighted by Crippen LogP contribution is 2.40. The molecule has 0 bridgehead atoms. The molecule has 68 valence electrons. The lowest BCUT2D eigenvalue weighted by atomic mass is 9.86. The minimum absolute atomic E-state index is 0.642. The van der Waals surface area contributed by atoms with Gasteiger partial charge in [0.05, 0.1) is 6.07 Å². The first-order chi connectivity index (χ1) is 5.23. The molecule has 12 heavy (non-hydrogen) atoms. The van der Waals surface area contributed by atoms with Gasteiger partial charge in [0.15, 0.2) is 5.41 Å². The van der Waals surface area contributed by atoms with Crippen molar-refractivity contribution in [3.05, 3.63) is 0 Å². The van der Waals surface area contributed by atoms with Crippen LogP contribution in [0.3, 0.4) is 0 Å². The van der Waals surface area contributed by atoms with E-state index >= 15 is 0 Å². The average Bonchev–Trinajstić information content (AvgIpc) is 1.83. The van der Waals surface area contributed by atoms with Gasteiger partial charge in [0.1, 0.15) is 5.78 Å². The van der Waals surface area contributed by atoms with Gasteiger partial charge in [-0.3, -0.25) is 4.79 Å². The molecule has 0 aliphatic carbocycles. The Bertz CT molecular complexity index is 228. The first-order valence-corrected chi connectivity index (χ1v) is 3.20. The normalized spacial score (nSPS) is 16.3. The summed E-state index contributed by atoms with van der Waals surface area (Å²) in [7, 11) is 0. The van der Waals surface area contributed by atoms with E-state index in [9.17, 15) is 18.0 Å². The van der Waals surface area contributed by atoms with Gasteiger partial charge in [-0.05, 0) is 13.8 Å². The van der Waals surface area contributed by atoms with Gasteiger partial charge in [0, 0.05) is 6.42 Å². The summed E-state index contributed by atoms with van der Waals surface area (Å²) in [6.07, 6.45) is -5.43. The van der Waals surface area contributed by atoms with Crippen LogP contribution in [0.4, 0.5) is 13.2 Å². The Labute approximate surface area is 68.0 Å². The Morgan fingerprint density at radius 1 is 1.50 bits per heavy atom. The molecule has 0 aromatic carbocycles. The van der Waals surface area contributed by atoms with Crippen LogP contribution < -0.4 is 0 Å². The summed E-state index contributed by atoms with van der Waals surface area (Å²) in [4.78, 5) is 10.4. The number of ketones is 1. The highest BCUT2D eigenvalue weighted by atomic mass is 19.4. The Morgan fingerprint density at radius 2 is 1.92 bits per heavy atom. The van der Waals surface area contributed by atoms with Crippen LogP contribution >= 0.6 is 0 Å². The average molecular weight is 179 g/mol. The van der Waals surface area contributed by atoms with Gasteiger partial charge in [-0.1, -0.05) is 0 Å². The summed E-state index contributed by atoms with van der Waals surface area (Å²) in [5.41, 5.74) is -2.54. The van der Waals surface area contributed by atoms with E-state index in [1.165, 1.54) is 0 Å². The zero-order chi connectivity index (χ0) is 9.99. The van der Waals surface area contributed by atoms with Crippen molar-refractivity contribution in [3.63, 3.8) is 0 Å². The molecule has 0 aliphatic heterocycles. The summed E-state index contributed by atoms with van der Waals surface area (Å²) >= 11 is 0. The van der Waals surface area contributed by atoms with Gasteiger partial charge in [-0.15, -0.1) is 0 Å². The molecule has 0 aromatic rings. The topological polar surface area (TPSA) is 40.9 Å². The van der Waals surface area contributed by atoms with E-state index < -0.39 is 23.8 Å². The SMILES string of the molecule is CC(=O)CC(C)(C#N)C(F)(F)F. The number of nitrogens with zero attached hydrogens (tertiary/aromatic N) is 1. The van der Waals surface area contributed by atoms with E-state index in [2.05, 4.69) is 0 Å². The maximum absolute atomic E-state index is 12.1. The summed E-state index contributed by atoms with van der Waals surface area (Å²) in [6, 6.07) is 1.10. The fourth-order valence-corrected chi connectivity index (χ4v) is 0.701. The molecular weight excluding hydrogens is 171 g/mol. The highest BCUT2D eigenvalue weighted by molar-refractivity contribution is 5.76. The van der Waals surface area contributed by atoms with E-state index in [0.717, 1.165) is 13.0 Å². The molecule has 1 unspecified atom stereocenters. The number of hydrogen-bond acceptors (Lipinski definition) is 2. The molecular formula is C7H8F3NO. The molecule has 0 rings (SSSR count). The van der Waals surface area contributed by atoms with Crippen molar-refractivity contribution in [3.8, 4) is 6.07 Å². The molecule has 0 saturated heterocycles. The maximum Gasteiger partial charge on any atom is 0.407 e. The molecule has 0 fully saturated rings. The predicted octanol–water partition coefficient (Wildman–Crippen LogP) is 2.06. The third kappa shape index (κ3) is 2.22. The minimum atomic E-state index is -4.65. The zero-order valence-corrected chi connectivity index (χ0v) is 6.70. The lowest BCUT2D eigenvalue weighted by Gasteiger charge is -2.22. The van der Waals surface area contributed by atoms with E-state index in [0.29, 0.717) is 6.92 Å². The molecule has 1 atom stereocenters. The second-order valence-electron chi connectivity index (χ2n) is 2.82. The molecule has 2 nitrogen and oxygen atoms in total. The summed E-state index contributed by atoms with van der Waals surface area (Å²) in [5.74, 6) is -0.642. The van der Waals surface area contributed by atoms with Crippen molar-refractivity contribution in [2.45, 2.75) is 26.4 Å². The number of alkyl halides is 3. The third-order valence-electron chi connectivity index (χ3n) is 1.47. The van der Waals surface area contributed by atoms with Crippen molar-refractivity contribution in [2.75, 3.05) is 0 Å². The lowest BCUT2D eigenvalue weighted by Crippen LogP contribution is -2.35. The predicted molar refractivity (Wildman–Crippen MR) is 35.1 cm³/mol. The molecule has 0 N–H and O–H groups in total. The number of rotatable bonds is 2. The van der Waals surface area contributed by atoms with Gasteiger partial charge >= 0.3 is 6.18 Å². The van der Waals surface area contributed by atoms with Gasteiger partial charge in [-0.2, -0.15) is 18.4 Å². The smallest absolute Gasteiger partial charge is 0.300 e. The van der Waals surface area contributed by atoms with Crippen LogP contribution in [0.2, 0.25) is 0 Å². The van der Waals surface area contributed by atoms with Crippen LogP contribution in [0, 0.1) is 16.7 Å². The van der Waals surface area contributed by atoms with E-state index in [-0.39, 0.29) is 0 Å². The molecule has 0 amide bonds. The number of carbonyl (C=O) groups is 1. The fourth-order valence-electron chi connectivity index (χ4n) is 0.701. The Balaban J connectivity index is 4.72. The van der Waals surface area contributed by atoms with Crippen molar-refractivity contribution >= 4 is 5.78 Å². The van der Waals surface area contributed by atoms with Crippen LogP contribution in [0.25, 0.3) is 0 Å². The van der Waals surface area contributed by atoms with Crippen LogP contribution in [-0.2, 0) is 4.79 Å². The first-order valence-electron chi connectivity index (χ1n) is 3.20. The van der Waals surface area contributed by atoms with Gasteiger partial charge in [0.2, 0.25) is 0 Å². The Kier molecular flexibility index (Phi) is 2.86. The summed E-state index contributed by atoms with van der Waals surface area (Å²) < 4.78 is 36.3. The van der Waals surface area contributed by atoms with Gasteiger partial charge in [0.25, 0.3) is 0 Å². The Hall–Kier alpha value is -1.05. The maximum atomic E-state index is 12.1. The number of nitriles is 1. The second kappa shape index (κ2) is 3.13. The first kappa shape index (κ1) is 11.0. The number of carbonyl (C=O) groups excluding carboxylic acids is 1. The third-order valence-corrected chi connectivity index (χ3v) is 1.47. The summed E-state index contributed by atoms with van der Waals surface area (Å²) in [6.45, 7) is 1.75. The molecule has 0 aromatic heterocycles. The van der Waals surface area contributed by atoms with Crippen molar-refractivity contribution in [1.82, 2.24) is 0 Å². The number of hydrogen-bond donors (Lipinski definition) is 0. The highest BCUT2D eigenvalue weighted by Gasteiger charge is 2.52. The Morgan fingerprint density at radius 3 is 2.00 bits per heavy atom. The lowest BCUT2D eigenvalue weighted by molar-refractivity contribution is -0.199. The van der Waals surface area contributed by atoms with E-state index in [4.69, 9.17) is 5.26 Å². The number of halogens is 3. The summed E-state index contributed by atoms with van der Waals surface area (Å²) in [5, 5.41) is 8.25. The fraction of sp³-hybridized carbons (Fsp3) is 0.714. The van der Waals surface area contributed by atoms with Crippen LogP contribution in [-0.4, -0.2) is 12.0 Å². The molecule has 0 saturated carbocycles. The standard InChI is InChI=1S/C7H8F3NO/c1-5(12)3-6(2,4-11)7(8,9)10/h3H2,1-2H3. The van der Waals surface area contributed by atoms with Crippen molar-refractivity contribution < 1.29 is 18.0 Å². The quantitative estimate of drug-likeness (QED) is 0.650. The van der Waals surface area contributed by atoms with Gasteiger partial charge < -0.3 is 0 Å². The zero-order valence-electron chi connectivity index (χ0n) is 6.70. The molecule has 0 radical (unpaired) electrons. The van der Waals surface area contributed by atoms with Crippen molar-refractivity contribution in [2.24, 2.45) is 5.41 Å².